The van der Waals surface area contributed by atoms with Crippen molar-refractivity contribution < 1.29 is 18.9 Å². The molecule has 0 aliphatic carbocycles. The summed E-state index contributed by atoms with van der Waals surface area (Å²) < 4.78 is 5.22. The molecule has 1 fully saturated rings. The summed E-state index contributed by atoms with van der Waals surface area (Å²) in [5.74, 6) is -0.170. The fraction of sp³-hybridized carbons (Fsp3) is 0.250. The Labute approximate surface area is 137 Å². The van der Waals surface area contributed by atoms with Crippen molar-refractivity contribution in [3.63, 3.8) is 0 Å². The van der Waals surface area contributed by atoms with E-state index in [9.17, 15) is 19.7 Å². The molecule has 0 saturated carbocycles. The summed E-state index contributed by atoms with van der Waals surface area (Å²) in [6.07, 6.45) is 1.67. The Bertz CT molecular complexity index is 755. The van der Waals surface area contributed by atoms with Crippen LogP contribution in [0.15, 0.2) is 47.1 Å². The zero-order valence-electron chi connectivity index (χ0n) is 12.7. The van der Waals surface area contributed by atoms with Crippen LogP contribution in [0.2, 0.25) is 0 Å². The lowest BCUT2D eigenvalue weighted by atomic mass is 10.1. The highest BCUT2D eigenvalue weighted by atomic mass is 16.6. The van der Waals surface area contributed by atoms with Crippen LogP contribution in [0, 0.1) is 16.0 Å². The van der Waals surface area contributed by atoms with Crippen molar-refractivity contribution in [3.8, 4) is 0 Å². The Morgan fingerprint density at radius 3 is 2.71 bits per heavy atom. The summed E-state index contributed by atoms with van der Waals surface area (Å²) in [7, 11) is 0. The number of benzene rings is 1. The normalized spacial score (nSPS) is 17.1. The monoisotopic (exact) mass is 329 g/mol. The molecular formula is C16H15N3O5. The molecule has 2 amide bonds. The van der Waals surface area contributed by atoms with Crippen molar-refractivity contribution in [1.82, 2.24) is 4.90 Å². The van der Waals surface area contributed by atoms with Crippen molar-refractivity contribution in [3.05, 3.63) is 58.5 Å². The first-order valence-electron chi connectivity index (χ1n) is 7.38. The maximum atomic E-state index is 12.3. The molecule has 1 unspecified atom stereocenters. The predicted molar refractivity (Wildman–Crippen MR) is 84.0 cm³/mol. The van der Waals surface area contributed by atoms with Gasteiger partial charge in [-0.3, -0.25) is 19.7 Å². The van der Waals surface area contributed by atoms with Crippen molar-refractivity contribution >= 4 is 23.2 Å². The average Bonchev–Trinajstić information content (AvgIpc) is 3.19. The Kier molecular flexibility index (Phi) is 4.28. The molecule has 8 nitrogen and oxygen atoms in total. The average molecular weight is 329 g/mol. The molecule has 3 rings (SSSR count). The molecule has 0 radical (unpaired) electrons. The third-order valence-corrected chi connectivity index (χ3v) is 3.86. The van der Waals surface area contributed by atoms with Gasteiger partial charge in [-0.05, 0) is 24.3 Å². The number of carbonyl (C=O) groups is 2. The van der Waals surface area contributed by atoms with Gasteiger partial charge in [0.15, 0.2) is 0 Å². The second kappa shape index (κ2) is 6.53. The first kappa shape index (κ1) is 15.7. The van der Waals surface area contributed by atoms with E-state index in [0.717, 1.165) is 0 Å². The number of likely N-dealkylation sites (tertiary alicyclic amines) is 1. The molecule has 2 heterocycles. The van der Waals surface area contributed by atoms with Gasteiger partial charge in [0.05, 0.1) is 23.6 Å². The maximum absolute atomic E-state index is 12.3. The number of rotatable bonds is 5. The van der Waals surface area contributed by atoms with E-state index in [4.69, 9.17) is 4.42 Å². The maximum Gasteiger partial charge on any atom is 0.269 e. The lowest BCUT2D eigenvalue weighted by Gasteiger charge is -2.15. The number of nitrogens with one attached hydrogen (secondary N) is 1. The van der Waals surface area contributed by atoms with Gasteiger partial charge in [-0.2, -0.15) is 0 Å². The van der Waals surface area contributed by atoms with Crippen LogP contribution in [0.5, 0.6) is 0 Å². The van der Waals surface area contributed by atoms with Crippen molar-refractivity contribution in [2.24, 2.45) is 5.92 Å². The van der Waals surface area contributed by atoms with E-state index in [-0.39, 0.29) is 23.9 Å². The highest BCUT2D eigenvalue weighted by Crippen LogP contribution is 2.23. The summed E-state index contributed by atoms with van der Waals surface area (Å²) in [5.41, 5.74) is 0.413. The topological polar surface area (TPSA) is 106 Å². The Hall–Kier alpha value is -3.16. The number of hydrogen-bond acceptors (Lipinski definition) is 5. The van der Waals surface area contributed by atoms with Crippen LogP contribution in [-0.2, 0) is 16.1 Å². The van der Waals surface area contributed by atoms with E-state index in [0.29, 0.717) is 24.5 Å². The smallest absolute Gasteiger partial charge is 0.269 e. The van der Waals surface area contributed by atoms with Gasteiger partial charge in [0, 0.05) is 30.8 Å². The standard InChI is InChI=1S/C16H15N3O5/c20-15-8-11(9-18(15)10-14-2-1-7-24-14)16(21)17-12-3-5-13(6-4-12)19(22)23/h1-7,11H,8-10H2,(H,17,21). The fourth-order valence-corrected chi connectivity index (χ4v) is 2.60. The molecule has 124 valence electrons. The molecule has 0 spiro atoms. The lowest BCUT2D eigenvalue weighted by Crippen LogP contribution is -2.27. The highest BCUT2D eigenvalue weighted by molar-refractivity contribution is 5.97. The van der Waals surface area contributed by atoms with E-state index in [1.807, 2.05) is 0 Å². The molecule has 1 atom stereocenters. The molecule has 1 aromatic heterocycles. The van der Waals surface area contributed by atoms with E-state index >= 15 is 0 Å². The number of hydrogen-bond donors (Lipinski definition) is 1. The van der Waals surface area contributed by atoms with Crippen LogP contribution in [0.25, 0.3) is 0 Å². The van der Waals surface area contributed by atoms with E-state index in [1.165, 1.54) is 30.5 Å². The van der Waals surface area contributed by atoms with Gasteiger partial charge < -0.3 is 14.6 Å². The first-order chi connectivity index (χ1) is 11.5. The van der Waals surface area contributed by atoms with Crippen LogP contribution in [0.4, 0.5) is 11.4 Å². The van der Waals surface area contributed by atoms with Gasteiger partial charge in [0.2, 0.25) is 11.8 Å². The summed E-state index contributed by atoms with van der Waals surface area (Å²) in [6.45, 7) is 0.658. The SMILES string of the molecule is O=C(Nc1ccc([N+](=O)[O-])cc1)C1CC(=O)N(Cc2ccco2)C1. The lowest BCUT2D eigenvalue weighted by molar-refractivity contribution is -0.384. The van der Waals surface area contributed by atoms with Gasteiger partial charge in [-0.25, -0.2) is 0 Å². The van der Waals surface area contributed by atoms with Crippen molar-refractivity contribution in [1.29, 1.82) is 0 Å². The Morgan fingerprint density at radius 1 is 1.33 bits per heavy atom. The highest BCUT2D eigenvalue weighted by Gasteiger charge is 2.34. The third kappa shape index (κ3) is 3.43. The predicted octanol–water partition coefficient (Wildman–Crippen LogP) is 2.17. The van der Waals surface area contributed by atoms with Gasteiger partial charge in [0.1, 0.15) is 5.76 Å². The molecule has 8 heteroatoms. The zero-order chi connectivity index (χ0) is 17.1. The van der Waals surface area contributed by atoms with E-state index in [2.05, 4.69) is 5.32 Å². The molecule has 2 aromatic rings. The number of anilines is 1. The summed E-state index contributed by atoms with van der Waals surface area (Å²) in [5, 5.41) is 13.3. The summed E-state index contributed by atoms with van der Waals surface area (Å²) >= 11 is 0. The van der Waals surface area contributed by atoms with Crippen LogP contribution in [-0.4, -0.2) is 28.2 Å². The third-order valence-electron chi connectivity index (χ3n) is 3.86. The van der Waals surface area contributed by atoms with Crippen LogP contribution in [0.3, 0.4) is 0 Å². The quantitative estimate of drug-likeness (QED) is 0.668. The van der Waals surface area contributed by atoms with E-state index < -0.39 is 10.8 Å². The minimum Gasteiger partial charge on any atom is -0.467 e. The number of non-ortho nitro benzene ring substituents is 1. The van der Waals surface area contributed by atoms with Gasteiger partial charge in [0.25, 0.3) is 5.69 Å². The first-order valence-corrected chi connectivity index (χ1v) is 7.38. The van der Waals surface area contributed by atoms with Crippen LogP contribution in [0.1, 0.15) is 12.2 Å². The van der Waals surface area contributed by atoms with Crippen LogP contribution >= 0.6 is 0 Å². The number of nitro groups is 1. The zero-order valence-corrected chi connectivity index (χ0v) is 12.7. The number of amides is 2. The number of furan rings is 1. The van der Waals surface area contributed by atoms with Crippen LogP contribution < -0.4 is 5.32 Å². The molecule has 1 aliphatic heterocycles. The van der Waals surface area contributed by atoms with Crippen molar-refractivity contribution in [2.45, 2.75) is 13.0 Å². The number of nitro benzene ring substituents is 1. The van der Waals surface area contributed by atoms with Gasteiger partial charge >= 0.3 is 0 Å². The molecule has 1 saturated heterocycles. The molecule has 24 heavy (non-hydrogen) atoms. The molecule has 1 aliphatic rings. The number of nitrogens with zero attached hydrogens (tertiary/aromatic N) is 2. The molecular weight excluding hydrogens is 314 g/mol. The summed E-state index contributed by atoms with van der Waals surface area (Å²) in [6, 6.07) is 9.09. The largest absolute Gasteiger partial charge is 0.467 e. The molecule has 1 N–H and O–H groups in total. The van der Waals surface area contributed by atoms with Gasteiger partial charge in [-0.15, -0.1) is 0 Å². The Morgan fingerprint density at radius 2 is 2.08 bits per heavy atom. The molecule has 1 aromatic carbocycles. The molecule has 0 bridgehead atoms. The minimum absolute atomic E-state index is 0.0475. The Balaban J connectivity index is 1.59. The van der Waals surface area contributed by atoms with Gasteiger partial charge in [-0.1, -0.05) is 0 Å². The second-order valence-corrected chi connectivity index (χ2v) is 5.55. The summed E-state index contributed by atoms with van der Waals surface area (Å²) in [4.78, 5) is 36.0. The fourth-order valence-electron chi connectivity index (χ4n) is 2.60. The second-order valence-electron chi connectivity index (χ2n) is 5.55. The number of carbonyl (C=O) groups excluding carboxylic acids is 2. The minimum atomic E-state index is -0.506. The van der Waals surface area contributed by atoms with E-state index in [1.54, 1.807) is 17.0 Å². The van der Waals surface area contributed by atoms with Crippen molar-refractivity contribution in [2.75, 3.05) is 11.9 Å².